The highest BCUT2D eigenvalue weighted by Crippen LogP contribution is 2.52. The van der Waals surface area contributed by atoms with E-state index in [9.17, 15) is 0 Å². The maximum Gasteiger partial charge on any atom is 0.164 e. The molecule has 11 rings (SSSR count). The molecule has 0 saturated carbocycles. The number of hydrogen-bond donors (Lipinski definition) is 0. The van der Waals surface area contributed by atoms with Gasteiger partial charge in [-0.3, -0.25) is 0 Å². The SMILES string of the molecule is CC1(C)c2ccccc2-c2c(-c3cccc(-c4nc(-c5ccccc5)nc(-c5cccc6sc7ccc(-c8ccc(-c9ccccc9)cc8)cc7c56)n4)c3)cccc21. The predicted octanol–water partition coefficient (Wildman–Crippen LogP) is 14.5. The van der Waals surface area contributed by atoms with E-state index in [1.54, 1.807) is 0 Å². The van der Waals surface area contributed by atoms with Crippen LogP contribution in [0.15, 0.2) is 188 Å². The van der Waals surface area contributed by atoms with Crippen LogP contribution in [0, 0.1) is 0 Å². The van der Waals surface area contributed by atoms with E-state index in [0.717, 1.165) is 27.6 Å². The van der Waals surface area contributed by atoms with Crippen LogP contribution in [0.1, 0.15) is 25.0 Å². The lowest BCUT2D eigenvalue weighted by Crippen LogP contribution is -2.14. The van der Waals surface area contributed by atoms with Gasteiger partial charge in [-0.15, -0.1) is 11.3 Å². The van der Waals surface area contributed by atoms with Crippen molar-refractivity contribution in [3.8, 4) is 78.7 Å². The smallest absolute Gasteiger partial charge is 0.164 e. The lowest BCUT2D eigenvalue weighted by molar-refractivity contribution is 0.660. The number of benzene rings is 8. The van der Waals surface area contributed by atoms with Crippen LogP contribution in [0.25, 0.3) is 98.8 Å². The number of thiophene rings is 1. The molecular formula is C54H37N3S. The Morgan fingerprint density at radius 2 is 0.897 bits per heavy atom. The van der Waals surface area contributed by atoms with Crippen LogP contribution in [0.4, 0.5) is 0 Å². The molecule has 0 amide bonds. The Labute approximate surface area is 342 Å². The van der Waals surface area contributed by atoms with E-state index in [1.807, 2.05) is 29.5 Å². The van der Waals surface area contributed by atoms with Crippen molar-refractivity contribution in [2.45, 2.75) is 19.3 Å². The van der Waals surface area contributed by atoms with E-state index < -0.39 is 0 Å². The summed E-state index contributed by atoms with van der Waals surface area (Å²) < 4.78 is 2.44. The van der Waals surface area contributed by atoms with Gasteiger partial charge in [0.25, 0.3) is 0 Å². The molecule has 0 N–H and O–H groups in total. The van der Waals surface area contributed by atoms with Gasteiger partial charge in [0.1, 0.15) is 0 Å². The summed E-state index contributed by atoms with van der Waals surface area (Å²) in [6.07, 6.45) is 0. The van der Waals surface area contributed by atoms with Gasteiger partial charge in [0, 0.05) is 42.3 Å². The molecule has 1 aliphatic carbocycles. The fraction of sp³-hybridized carbons (Fsp3) is 0.0556. The molecule has 2 heterocycles. The van der Waals surface area contributed by atoms with Crippen LogP contribution >= 0.6 is 11.3 Å². The quantitative estimate of drug-likeness (QED) is 0.169. The van der Waals surface area contributed by atoms with E-state index in [-0.39, 0.29) is 5.41 Å². The first kappa shape index (κ1) is 34.3. The summed E-state index contributed by atoms with van der Waals surface area (Å²) in [5.41, 5.74) is 15.3. The average molecular weight is 760 g/mol. The standard InChI is InChI=1S/C54H37N3S/c1-54(2)45-23-10-9-20-42(45)49-41(21-12-24-46(49)54)39-18-11-19-40(32-39)52-55-51(37-16-7-4-8-17-37)56-53(57-52)43-22-13-25-48-50(43)44-33-38(30-31-47(44)58-48)36-28-26-35(27-29-36)34-14-5-3-6-15-34/h3-33H,1-2H3. The Balaban J connectivity index is 1.05. The largest absolute Gasteiger partial charge is 0.208 e. The molecule has 2 aromatic heterocycles. The first-order valence-electron chi connectivity index (χ1n) is 19.8. The molecule has 274 valence electrons. The predicted molar refractivity (Wildman–Crippen MR) is 243 cm³/mol. The minimum Gasteiger partial charge on any atom is -0.208 e. The Morgan fingerprint density at radius 1 is 0.362 bits per heavy atom. The second-order valence-electron chi connectivity index (χ2n) is 15.6. The van der Waals surface area contributed by atoms with Crippen LogP contribution in [0.3, 0.4) is 0 Å². The van der Waals surface area contributed by atoms with Crippen molar-refractivity contribution < 1.29 is 0 Å². The zero-order valence-electron chi connectivity index (χ0n) is 32.1. The topological polar surface area (TPSA) is 38.7 Å². The van der Waals surface area contributed by atoms with Gasteiger partial charge >= 0.3 is 0 Å². The van der Waals surface area contributed by atoms with Crippen molar-refractivity contribution in [1.82, 2.24) is 15.0 Å². The summed E-state index contributed by atoms with van der Waals surface area (Å²) in [5.74, 6) is 1.96. The third-order valence-corrected chi connectivity index (χ3v) is 12.9. The zero-order valence-corrected chi connectivity index (χ0v) is 33.0. The summed E-state index contributed by atoms with van der Waals surface area (Å²) in [4.78, 5) is 15.7. The van der Waals surface area contributed by atoms with Crippen molar-refractivity contribution >= 4 is 31.5 Å². The van der Waals surface area contributed by atoms with Crippen molar-refractivity contribution in [1.29, 1.82) is 0 Å². The normalized spacial score (nSPS) is 12.8. The Hall–Kier alpha value is -7.01. The summed E-state index contributed by atoms with van der Waals surface area (Å²) in [7, 11) is 0. The molecule has 0 unspecified atom stereocenters. The molecule has 3 nitrogen and oxygen atoms in total. The molecule has 4 heteroatoms. The van der Waals surface area contributed by atoms with E-state index in [0.29, 0.717) is 17.5 Å². The van der Waals surface area contributed by atoms with Gasteiger partial charge in [-0.25, -0.2) is 15.0 Å². The number of aromatic nitrogens is 3. The number of nitrogens with zero attached hydrogens (tertiary/aromatic N) is 3. The van der Waals surface area contributed by atoms with Crippen molar-refractivity contribution in [3.63, 3.8) is 0 Å². The molecule has 8 aromatic carbocycles. The first-order chi connectivity index (χ1) is 28.5. The summed E-state index contributed by atoms with van der Waals surface area (Å²) >= 11 is 1.81. The molecule has 58 heavy (non-hydrogen) atoms. The van der Waals surface area contributed by atoms with Crippen LogP contribution in [0.5, 0.6) is 0 Å². The van der Waals surface area contributed by atoms with Crippen LogP contribution in [-0.4, -0.2) is 15.0 Å². The van der Waals surface area contributed by atoms with Crippen molar-refractivity contribution in [2.75, 3.05) is 0 Å². The molecule has 0 saturated heterocycles. The average Bonchev–Trinajstić information content (AvgIpc) is 3.78. The van der Waals surface area contributed by atoms with Gasteiger partial charge in [-0.1, -0.05) is 178 Å². The Morgan fingerprint density at radius 3 is 1.69 bits per heavy atom. The number of rotatable bonds is 6. The van der Waals surface area contributed by atoms with E-state index >= 15 is 0 Å². The molecule has 0 radical (unpaired) electrons. The van der Waals surface area contributed by atoms with Gasteiger partial charge in [0.2, 0.25) is 0 Å². The fourth-order valence-corrected chi connectivity index (χ4v) is 9.95. The van der Waals surface area contributed by atoms with E-state index in [1.165, 1.54) is 64.9 Å². The fourth-order valence-electron chi connectivity index (χ4n) is 8.84. The zero-order chi connectivity index (χ0) is 38.8. The second-order valence-corrected chi connectivity index (χ2v) is 16.7. The van der Waals surface area contributed by atoms with Gasteiger partial charge in [0.05, 0.1) is 0 Å². The molecule has 0 bridgehead atoms. The number of fused-ring (bicyclic) bond motifs is 6. The van der Waals surface area contributed by atoms with Gasteiger partial charge in [-0.05, 0) is 79.9 Å². The highest BCUT2D eigenvalue weighted by Gasteiger charge is 2.36. The monoisotopic (exact) mass is 759 g/mol. The highest BCUT2D eigenvalue weighted by molar-refractivity contribution is 7.26. The van der Waals surface area contributed by atoms with Gasteiger partial charge < -0.3 is 0 Å². The van der Waals surface area contributed by atoms with Crippen LogP contribution in [-0.2, 0) is 5.41 Å². The molecule has 0 atom stereocenters. The van der Waals surface area contributed by atoms with Gasteiger partial charge in [-0.2, -0.15) is 0 Å². The third kappa shape index (κ3) is 5.68. The van der Waals surface area contributed by atoms with Crippen molar-refractivity contribution in [3.05, 3.63) is 199 Å². The van der Waals surface area contributed by atoms with Crippen LogP contribution < -0.4 is 0 Å². The minimum atomic E-state index is -0.0755. The summed E-state index contributed by atoms with van der Waals surface area (Å²) in [5, 5.41) is 2.36. The molecule has 0 fully saturated rings. The van der Waals surface area contributed by atoms with Crippen LogP contribution in [0.2, 0.25) is 0 Å². The maximum atomic E-state index is 5.30. The summed E-state index contributed by atoms with van der Waals surface area (Å²) in [6.45, 7) is 4.66. The Bertz CT molecular complexity index is 3180. The molecule has 0 spiro atoms. The van der Waals surface area contributed by atoms with E-state index in [2.05, 4.69) is 184 Å². The molecule has 1 aliphatic rings. The Kier molecular flexibility index (Phi) is 8.02. The van der Waals surface area contributed by atoms with Crippen molar-refractivity contribution in [2.24, 2.45) is 0 Å². The highest BCUT2D eigenvalue weighted by atomic mass is 32.1. The molecule has 0 aliphatic heterocycles. The lowest BCUT2D eigenvalue weighted by atomic mass is 9.82. The molecule has 10 aromatic rings. The number of hydrogen-bond acceptors (Lipinski definition) is 4. The first-order valence-corrected chi connectivity index (χ1v) is 20.6. The maximum absolute atomic E-state index is 5.30. The van der Waals surface area contributed by atoms with Gasteiger partial charge in [0.15, 0.2) is 17.5 Å². The second kappa shape index (κ2) is 13.6. The summed E-state index contributed by atoms with van der Waals surface area (Å²) in [6, 6.07) is 67.2. The lowest BCUT2D eigenvalue weighted by Gasteiger charge is -2.21. The minimum absolute atomic E-state index is 0.0755. The third-order valence-electron chi connectivity index (χ3n) is 11.8. The molecular weight excluding hydrogens is 723 g/mol. The van der Waals surface area contributed by atoms with E-state index in [4.69, 9.17) is 15.0 Å².